The number of rotatable bonds is 7. The molecule has 0 aliphatic heterocycles. The van der Waals surface area contributed by atoms with E-state index in [2.05, 4.69) is 17.6 Å². The number of carbonyl (C=O) groups excluding carboxylic acids is 1. The summed E-state index contributed by atoms with van der Waals surface area (Å²) in [6.07, 6.45) is 1.63. The Bertz CT molecular complexity index is 467. The quantitative estimate of drug-likeness (QED) is 0.724. The minimum atomic E-state index is -1.19. The zero-order chi connectivity index (χ0) is 15.2. The van der Waals surface area contributed by atoms with E-state index >= 15 is 0 Å². The molecule has 1 aromatic heterocycles. The van der Waals surface area contributed by atoms with Gasteiger partial charge in [0.05, 0.1) is 6.54 Å². The molecule has 0 spiro atoms. The van der Waals surface area contributed by atoms with Gasteiger partial charge in [0.25, 0.3) is 0 Å². The van der Waals surface area contributed by atoms with Crippen LogP contribution < -0.4 is 10.6 Å². The molecule has 0 atom stereocenters. The van der Waals surface area contributed by atoms with E-state index < -0.39 is 17.5 Å². The van der Waals surface area contributed by atoms with E-state index in [4.69, 9.17) is 0 Å². The average Bonchev–Trinajstić information content (AvgIpc) is 2.89. The molecule has 0 fully saturated rings. The second-order valence-corrected chi connectivity index (χ2v) is 5.63. The van der Waals surface area contributed by atoms with Gasteiger partial charge in [0.2, 0.25) is 0 Å². The average molecular weight is 298 g/mol. The zero-order valence-electron chi connectivity index (χ0n) is 12.2. The molecule has 0 radical (unpaired) electrons. The van der Waals surface area contributed by atoms with Gasteiger partial charge in [0, 0.05) is 4.88 Å². The Morgan fingerprint density at radius 3 is 2.45 bits per heavy atom. The molecule has 112 valence electrons. The minimum absolute atomic E-state index is 0.353. The van der Waals surface area contributed by atoms with E-state index in [1.807, 2.05) is 11.4 Å². The first-order valence-corrected chi connectivity index (χ1v) is 7.71. The number of hydrogen-bond donors (Lipinski definition) is 3. The Morgan fingerprint density at radius 1 is 1.30 bits per heavy atom. The van der Waals surface area contributed by atoms with E-state index in [1.165, 1.54) is 5.56 Å². The molecule has 0 aliphatic rings. The van der Waals surface area contributed by atoms with Gasteiger partial charge in [-0.2, -0.15) is 0 Å². The summed E-state index contributed by atoms with van der Waals surface area (Å²) in [4.78, 5) is 24.3. The summed E-state index contributed by atoms with van der Waals surface area (Å²) in [5.41, 5.74) is 0.0263. The predicted molar refractivity (Wildman–Crippen MR) is 80.0 cm³/mol. The minimum Gasteiger partial charge on any atom is -0.480 e. The van der Waals surface area contributed by atoms with Gasteiger partial charge >= 0.3 is 12.0 Å². The summed E-state index contributed by atoms with van der Waals surface area (Å²) in [6.45, 7) is 6.00. The summed E-state index contributed by atoms with van der Waals surface area (Å²) in [5, 5.41) is 16.6. The topological polar surface area (TPSA) is 78.4 Å². The largest absolute Gasteiger partial charge is 0.480 e. The highest BCUT2D eigenvalue weighted by atomic mass is 32.1. The van der Waals surface area contributed by atoms with Crippen LogP contribution in [0.5, 0.6) is 0 Å². The molecule has 1 rings (SSSR count). The Balaban J connectivity index is 2.61. The molecule has 6 heteroatoms. The second kappa shape index (κ2) is 7.28. The van der Waals surface area contributed by atoms with Crippen LogP contribution in [0.25, 0.3) is 0 Å². The number of carboxylic acids is 1. The molecule has 0 aromatic carbocycles. The van der Waals surface area contributed by atoms with Gasteiger partial charge in [-0.1, -0.05) is 20.8 Å². The molecule has 2 amide bonds. The fourth-order valence-corrected chi connectivity index (χ4v) is 2.96. The summed E-state index contributed by atoms with van der Waals surface area (Å²) < 4.78 is 0. The van der Waals surface area contributed by atoms with Gasteiger partial charge in [-0.05, 0) is 36.3 Å². The van der Waals surface area contributed by atoms with Crippen molar-refractivity contribution in [2.24, 2.45) is 0 Å². The molecule has 0 saturated carbocycles. The molecule has 1 heterocycles. The normalized spacial score (nSPS) is 11.2. The number of nitrogens with one attached hydrogen (secondary N) is 2. The zero-order valence-corrected chi connectivity index (χ0v) is 13.0. The number of thiophene rings is 1. The van der Waals surface area contributed by atoms with Crippen molar-refractivity contribution in [2.45, 2.75) is 52.1 Å². The van der Waals surface area contributed by atoms with Crippen molar-refractivity contribution in [1.29, 1.82) is 0 Å². The van der Waals surface area contributed by atoms with Crippen LogP contribution in [0.2, 0.25) is 0 Å². The first kappa shape index (κ1) is 16.5. The van der Waals surface area contributed by atoms with Gasteiger partial charge in [0.15, 0.2) is 0 Å². The monoisotopic (exact) mass is 298 g/mol. The Morgan fingerprint density at radius 2 is 1.95 bits per heavy atom. The lowest BCUT2D eigenvalue weighted by Gasteiger charge is -2.28. The second-order valence-electron chi connectivity index (χ2n) is 4.62. The molecular weight excluding hydrogens is 276 g/mol. The summed E-state index contributed by atoms with van der Waals surface area (Å²) >= 11 is 1.59. The third kappa shape index (κ3) is 3.72. The van der Waals surface area contributed by atoms with Gasteiger partial charge in [-0.3, -0.25) is 0 Å². The van der Waals surface area contributed by atoms with Gasteiger partial charge in [-0.15, -0.1) is 11.3 Å². The Kier molecular flexibility index (Phi) is 6.01. The molecule has 5 nitrogen and oxygen atoms in total. The lowest BCUT2D eigenvalue weighted by molar-refractivity contribution is -0.144. The number of carbonyl (C=O) groups is 2. The molecule has 3 N–H and O–H groups in total. The van der Waals surface area contributed by atoms with Gasteiger partial charge in [-0.25, -0.2) is 9.59 Å². The van der Waals surface area contributed by atoms with Crippen LogP contribution in [0.15, 0.2) is 11.4 Å². The van der Waals surface area contributed by atoms with Crippen LogP contribution in [-0.2, 0) is 17.8 Å². The predicted octanol–water partition coefficient (Wildman–Crippen LogP) is 2.75. The molecule has 0 aliphatic carbocycles. The fraction of sp³-hybridized carbons (Fsp3) is 0.571. The number of urea groups is 1. The third-order valence-corrected chi connectivity index (χ3v) is 4.56. The third-order valence-electron chi connectivity index (χ3n) is 3.60. The first-order valence-electron chi connectivity index (χ1n) is 6.83. The number of hydrogen-bond acceptors (Lipinski definition) is 3. The van der Waals surface area contributed by atoms with Crippen LogP contribution in [-0.4, -0.2) is 22.6 Å². The molecule has 0 saturated heterocycles. The molecule has 0 bridgehead atoms. The van der Waals surface area contributed by atoms with E-state index in [0.717, 1.165) is 11.3 Å². The maximum absolute atomic E-state index is 11.9. The molecule has 20 heavy (non-hydrogen) atoms. The van der Waals surface area contributed by atoms with Crippen LogP contribution in [0.3, 0.4) is 0 Å². The van der Waals surface area contributed by atoms with Crippen molar-refractivity contribution < 1.29 is 14.7 Å². The number of aliphatic carboxylic acids is 1. The van der Waals surface area contributed by atoms with Crippen molar-refractivity contribution in [3.63, 3.8) is 0 Å². The number of aryl methyl sites for hydroxylation is 1. The number of amides is 2. The highest BCUT2D eigenvalue weighted by Gasteiger charge is 2.36. The highest BCUT2D eigenvalue weighted by molar-refractivity contribution is 7.10. The van der Waals surface area contributed by atoms with Crippen molar-refractivity contribution in [3.8, 4) is 0 Å². The molecule has 0 unspecified atom stereocenters. The highest BCUT2D eigenvalue weighted by Crippen LogP contribution is 2.18. The Labute approximate surface area is 123 Å². The van der Waals surface area contributed by atoms with E-state index in [-0.39, 0.29) is 0 Å². The van der Waals surface area contributed by atoms with E-state index in [9.17, 15) is 14.7 Å². The van der Waals surface area contributed by atoms with E-state index in [1.54, 1.807) is 25.2 Å². The van der Waals surface area contributed by atoms with Crippen molar-refractivity contribution in [3.05, 3.63) is 21.9 Å². The molecule has 1 aromatic rings. The SMILES string of the molecule is CCc1ccsc1CNC(=O)NC(CC)(CC)C(=O)O. The van der Waals surface area contributed by atoms with Crippen molar-refractivity contribution in [1.82, 2.24) is 10.6 Å². The summed E-state index contributed by atoms with van der Waals surface area (Å²) in [7, 11) is 0. The molecular formula is C14H22N2O3S. The first-order chi connectivity index (χ1) is 9.49. The van der Waals surface area contributed by atoms with Crippen LogP contribution in [0, 0.1) is 0 Å². The fourth-order valence-electron chi connectivity index (χ4n) is 2.04. The van der Waals surface area contributed by atoms with Crippen LogP contribution in [0.4, 0.5) is 4.79 Å². The standard InChI is InChI=1S/C14H22N2O3S/c1-4-10-7-8-20-11(10)9-15-13(19)16-14(5-2,6-3)12(17)18/h7-8H,4-6,9H2,1-3H3,(H,17,18)(H2,15,16,19). The van der Waals surface area contributed by atoms with Crippen LogP contribution in [0.1, 0.15) is 44.1 Å². The van der Waals surface area contributed by atoms with Gasteiger partial charge in [0.1, 0.15) is 5.54 Å². The van der Waals surface area contributed by atoms with Crippen LogP contribution >= 0.6 is 11.3 Å². The summed E-state index contributed by atoms with van der Waals surface area (Å²) in [5.74, 6) is -0.997. The van der Waals surface area contributed by atoms with Crippen molar-refractivity contribution >= 4 is 23.3 Å². The lowest BCUT2D eigenvalue weighted by atomic mass is 9.93. The van der Waals surface area contributed by atoms with Crippen molar-refractivity contribution in [2.75, 3.05) is 0 Å². The summed E-state index contributed by atoms with van der Waals surface area (Å²) in [6, 6.07) is 1.60. The lowest BCUT2D eigenvalue weighted by Crippen LogP contribution is -2.56. The maximum atomic E-state index is 11.9. The van der Waals surface area contributed by atoms with Gasteiger partial charge < -0.3 is 15.7 Å². The Hall–Kier alpha value is -1.56. The maximum Gasteiger partial charge on any atom is 0.329 e. The number of carboxylic acid groups (broad SMARTS) is 1. The van der Waals surface area contributed by atoms with E-state index in [0.29, 0.717) is 19.4 Å². The smallest absolute Gasteiger partial charge is 0.329 e.